The Hall–Kier alpha value is -1.01. The van der Waals surface area contributed by atoms with Crippen molar-refractivity contribution in [2.45, 2.75) is 25.8 Å². The Morgan fingerprint density at radius 1 is 1.57 bits per heavy atom. The first-order valence-electron chi connectivity index (χ1n) is 5.03. The lowest BCUT2D eigenvalue weighted by molar-refractivity contribution is -0.126. The molecule has 1 unspecified atom stereocenters. The Morgan fingerprint density at radius 3 is 2.86 bits per heavy atom. The summed E-state index contributed by atoms with van der Waals surface area (Å²) < 4.78 is 0. The lowest BCUT2D eigenvalue weighted by Crippen LogP contribution is -2.40. The number of likely N-dealkylation sites (N-methyl/N-ethyl adjacent to an activating group) is 1. The number of likely N-dealkylation sites (tertiary alicyclic amines) is 1. The quantitative estimate of drug-likeness (QED) is 0.600. The maximum absolute atomic E-state index is 11.6. The molecular weight excluding hydrogens is 176 g/mol. The van der Waals surface area contributed by atoms with Crippen LogP contribution in [0.25, 0.3) is 0 Å². The average Bonchev–Trinajstić information content (AvgIpc) is 2.51. The van der Waals surface area contributed by atoms with Crippen molar-refractivity contribution in [3.63, 3.8) is 0 Å². The van der Waals surface area contributed by atoms with Crippen molar-refractivity contribution in [2.75, 3.05) is 27.2 Å². The molecule has 0 aromatic heterocycles. The molecule has 3 nitrogen and oxygen atoms in total. The summed E-state index contributed by atoms with van der Waals surface area (Å²) in [5.74, 6) is 5.26. The minimum Gasteiger partial charge on any atom is -0.328 e. The van der Waals surface area contributed by atoms with Gasteiger partial charge in [0, 0.05) is 19.1 Å². The standard InChI is InChI=1S/C11H18N2O/c1-4-6-11(14)13-8-5-7-10(13)9-12(2)3/h10H,5,7-9H2,1-3H3. The van der Waals surface area contributed by atoms with Crippen molar-refractivity contribution >= 4 is 5.91 Å². The first-order valence-corrected chi connectivity index (χ1v) is 5.03. The van der Waals surface area contributed by atoms with E-state index in [4.69, 9.17) is 0 Å². The van der Waals surface area contributed by atoms with E-state index in [1.165, 1.54) is 0 Å². The number of amides is 1. The van der Waals surface area contributed by atoms with Gasteiger partial charge in [0.1, 0.15) is 0 Å². The molecule has 0 spiro atoms. The third-order valence-electron chi connectivity index (χ3n) is 2.45. The summed E-state index contributed by atoms with van der Waals surface area (Å²) in [6, 6.07) is 0.360. The lowest BCUT2D eigenvalue weighted by Gasteiger charge is -2.25. The minimum atomic E-state index is -0.0168. The van der Waals surface area contributed by atoms with Gasteiger partial charge in [0.2, 0.25) is 0 Å². The van der Waals surface area contributed by atoms with Crippen molar-refractivity contribution < 1.29 is 4.79 Å². The molecule has 1 fully saturated rings. The zero-order valence-corrected chi connectivity index (χ0v) is 9.21. The van der Waals surface area contributed by atoms with Gasteiger partial charge in [0.15, 0.2) is 0 Å². The van der Waals surface area contributed by atoms with Crippen LogP contribution >= 0.6 is 0 Å². The molecule has 1 rings (SSSR count). The molecule has 0 N–H and O–H groups in total. The Morgan fingerprint density at radius 2 is 2.29 bits per heavy atom. The number of hydrogen-bond acceptors (Lipinski definition) is 2. The van der Waals surface area contributed by atoms with Gasteiger partial charge in [-0.25, -0.2) is 0 Å². The molecule has 0 bridgehead atoms. The molecule has 1 heterocycles. The fraction of sp³-hybridized carbons (Fsp3) is 0.727. The Kier molecular flexibility index (Phi) is 3.97. The van der Waals surface area contributed by atoms with Crippen LogP contribution in [0.15, 0.2) is 0 Å². The number of carbonyl (C=O) groups is 1. The predicted octanol–water partition coefficient (Wildman–Crippen LogP) is 0.562. The molecule has 0 radical (unpaired) electrons. The van der Waals surface area contributed by atoms with Crippen molar-refractivity contribution in [1.82, 2.24) is 9.80 Å². The average molecular weight is 194 g/mol. The molecule has 0 aromatic rings. The normalized spacial score (nSPS) is 20.9. The van der Waals surface area contributed by atoms with Gasteiger partial charge in [0.25, 0.3) is 5.91 Å². The highest BCUT2D eigenvalue weighted by Crippen LogP contribution is 2.17. The number of rotatable bonds is 2. The van der Waals surface area contributed by atoms with E-state index < -0.39 is 0 Å². The lowest BCUT2D eigenvalue weighted by atomic mass is 10.2. The third-order valence-corrected chi connectivity index (χ3v) is 2.45. The fourth-order valence-corrected chi connectivity index (χ4v) is 1.89. The zero-order chi connectivity index (χ0) is 10.6. The van der Waals surface area contributed by atoms with Crippen LogP contribution in [0, 0.1) is 11.8 Å². The van der Waals surface area contributed by atoms with Gasteiger partial charge in [-0.05, 0) is 39.8 Å². The second-order valence-electron chi connectivity index (χ2n) is 3.93. The summed E-state index contributed by atoms with van der Waals surface area (Å²) >= 11 is 0. The van der Waals surface area contributed by atoms with E-state index in [-0.39, 0.29) is 5.91 Å². The summed E-state index contributed by atoms with van der Waals surface area (Å²) in [7, 11) is 4.07. The highest BCUT2D eigenvalue weighted by molar-refractivity contribution is 5.93. The Labute approximate surface area is 86.1 Å². The molecule has 78 valence electrons. The van der Waals surface area contributed by atoms with E-state index in [1.54, 1.807) is 6.92 Å². The molecule has 1 atom stereocenters. The minimum absolute atomic E-state index is 0.0168. The monoisotopic (exact) mass is 194 g/mol. The first kappa shape index (κ1) is 11.1. The molecule has 1 aliphatic heterocycles. The molecule has 1 saturated heterocycles. The summed E-state index contributed by atoms with van der Waals surface area (Å²) in [5.41, 5.74) is 0. The third kappa shape index (κ3) is 2.74. The van der Waals surface area contributed by atoms with E-state index in [0.717, 1.165) is 25.9 Å². The van der Waals surface area contributed by atoms with Crippen LogP contribution in [0.4, 0.5) is 0 Å². The summed E-state index contributed by atoms with van der Waals surface area (Å²) in [4.78, 5) is 15.6. The molecule has 0 aromatic carbocycles. The maximum Gasteiger partial charge on any atom is 0.298 e. The smallest absolute Gasteiger partial charge is 0.298 e. The summed E-state index contributed by atoms with van der Waals surface area (Å²) in [5, 5.41) is 0. The first-order chi connectivity index (χ1) is 6.65. The zero-order valence-electron chi connectivity index (χ0n) is 9.21. The number of nitrogens with zero attached hydrogens (tertiary/aromatic N) is 2. The molecular formula is C11H18N2O. The Balaban J connectivity index is 2.57. The number of hydrogen-bond donors (Lipinski definition) is 0. The van der Waals surface area contributed by atoms with Crippen LogP contribution in [0.2, 0.25) is 0 Å². The van der Waals surface area contributed by atoms with Gasteiger partial charge >= 0.3 is 0 Å². The van der Waals surface area contributed by atoms with Crippen molar-refractivity contribution in [3.05, 3.63) is 0 Å². The van der Waals surface area contributed by atoms with Crippen LogP contribution in [-0.2, 0) is 4.79 Å². The highest BCUT2D eigenvalue weighted by atomic mass is 16.2. The van der Waals surface area contributed by atoms with E-state index in [1.807, 2.05) is 19.0 Å². The van der Waals surface area contributed by atoms with Crippen molar-refractivity contribution in [3.8, 4) is 11.8 Å². The summed E-state index contributed by atoms with van der Waals surface area (Å²) in [6.45, 7) is 3.51. The van der Waals surface area contributed by atoms with Crippen LogP contribution in [0.3, 0.4) is 0 Å². The van der Waals surface area contributed by atoms with E-state index in [2.05, 4.69) is 16.7 Å². The molecule has 0 saturated carbocycles. The number of carbonyl (C=O) groups excluding carboxylic acids is 1. The van der Waals surface area contributed by atoms with Gasteiger partial charge in [-0.3, -0.25) is 4.79 Å². The SMILES string of the molecule is CC#CC(=O)N1CCCC1CN(C)C. The molecule has 14 heavy (non-hydrogen) atoms. The molecule has 1 amide bonds. The maximum atomic E-state index is 11.6. The summed E-state index contributed by atoms with van der Waals surface area (Å²) in [6.07, 6.45) is 2.21. The molecule has 1 aliphatic rings. The molecule has 0 aliphatic carbocycles. The van der Waals surface area contributed by atoms with Crippen LogP contribution in [0.1, 0.15) is 19.8 Å². The van der Waals surface area contributed by atoms with Gasteiger partial charge in [0.05, 0.1) is 0 Å². The highest BCUT2D eigenvalue weighted by Gasteiger charge is 2.27. The van der Waals surface area contributed by atoms with E-state index in [9.17, 15) is 4.79 Å². The second kappa shape index (κ2) is 5.02. The van der Waals surface area contributed by atoms with Crippen LogP contribution < -0.4 is 0 Å². The van der Waals surface area contributed by atoms with Gasteiger partial charge in [-0.2, -0.15) is 0 Å². The van der Waals surface area contributed by atoms with Crippen LogP contribution in [-0.4, -0.2) is 48.9 Å². The topological polar surface area (TPSA) is 23.6 Å². The van der Waals surface area contributed by atoms with Crippen molar-refractivity contribution in [2.24, 2.45) is 0 Å². The van der Waals surface area contributed by atoms with E-state index >= 15 is 0 Å². The van der Waals surface area contributed by atoms with E-state index in [0.29, 0.717) is 6.04 Å². The van der Waals surface area contributed by atoms with Gasteiger partial charge in [-0.1, -0.05) is 5.92 Å². The van der Waals surface area contributed by atoms with Crippen molar-refractivity contribution in [1.29, 1.82) is 0 Å². The largest absolute Gasteiger partial charge is 0.328 e. The van der Waals surface area contributed by atoms with Gasteiger partial charge < -0.3 is 9.80 Å². The predicted molar refractivity (Wildman–Crippen MR) is 56.7 cm³/mol. The second-order valence-corrected chi connectivity index (χ2v) is 3.93. The fourth-order valence-electron chi connectivity index (χ4n) is 1.89. The molecule has 3 heteroatoms. The Bertz CT molecular complexity index is 262. The van der Waals surface area contributed by atoms with Gasteiger partial charge in [-0.15, -0.1) is 0 Å². The van der Waals surface area contributed by atoms with Crippen LogP contribution in [0.5, 0.6) is 0 Å².